The van der Waals surface area contributed by atoms with Gasteiger partial charge in [0.15, 0.2) is 5.11 Å². The van der Waals surface area contributed by atoms with Crippen LogP contribution in [0.4, 0.5) is 10.1 Å². The maximum atomic E-state index is 13.7. The lowest BCUT2D eigenvalue weighted by molar-refractivity contribution is 0.408. The van der Waals surface area contributed by atoms with E-state index in [1.165, 1.54) is 12.4 Å². The summed E-state index contributed by atoms with van der Waals surface area (Å²) in [5.41, 5.74) is 3.29. The summed E-state index contributed by atoms with van der Waals surface area (Å²) in [4.78, 5) is 5.89. The van der Waals surface area contributed by atoms with Crippen LogP contribution in [0.1, 0.15) is 24.1 Å². The highest BCUT2D eigenvalue weighted by Gasteiger charge is 2.15. The fourth-order valence-electron chi connectivity index (χ4n) is 2.53. The van der Waals surface area contributed by atoms with Crippen LogP contribution in [-0.2, 0) is 0 Å². The summed E-state index contributed by atoms with van der Waals surface area (Å²) in [6.45, 7) is 3.79. The first-order valence-electron chi connectivity index (χ1n) is 8.20. The third-order valence-electron chi connectivity index (χ3n) is 4.38. The van der Waals surface area contributed by atoms with Crippen molar-refractivity contribution in [2.75, 3.05) is 12.4 Å². The van der Waals surface area contributed by atoms with Crippen molar-refractivity contribution in [1.29, 1.82) is 0 Å². The number of thiocarbonyl (C=S) groups is 1. The number of nitrogens with zero attached hydrogens (tertiary/aromatic N) is 4. The summed E-state index contributed by atoms with van der Waals surface area (Å²) < 4.78 is 15.4. The van der Waals surface area contributed by atoms with Crippen molar-refractivity contribution >= 4 is 23.0 Å². The fraction of sp³-hybridized carbons (Fsp3) is 0.211. The monoisotopic (exact) mass is 369 g/mol. The number of hydrogen-bond donors (Lipinski definition) is 1. The molecule has 2 aromatic carbocycles. The standard InChI is InChI=1S/C19H20FN5S/c1-13-4-7-16(10-18(13)20)23-19(26)24(3)14(2)15-5-8-17(9-6-15)25-12-21-11-22-25/h4-12,14H,1-3H3,(H,23,26)/t14-/m1/s1. The Bertz CT molecular complexity index is 893. The fourth-order valence-corrected chi connectivity index (χ4v) is 2.80. The maximum absolute atomic E-state index is 13.7. The molecule has 0 bridgehead atoms. The molecular formula is C19H20FN5S. The van der Waals surface area contributed by atoms with Gasteiger partial charge in [-0.05, 0) is 61.5 Å². The van der Waals surface area contributed by atoms with Crippen LogP contribution < -0.4 is 5.32 Å². The van der Waals surface area contributed by atoms with Gasteiger partial charge in [-0.2, -0.15) is 5.10 Å². The van der Waals surface area contributed by atoms with E-state index in [0.717, 1.165) is 11.3 Å². The van der Waals surface area contributed by atoms with E-state index >= 15 is 0 Å². The second kappa shape index (κ2) is 7.61. The third kappa shape index (κ3) is 3.88. The molecule has 1 aromatic heterocycles. The predicted molar refractivity (Wildman–Crippen MR) is 105 cm³/mol. The van der Waals surface area contributed by atoms with Gasteiger partial charge in [-0.3, -0.25) is 0 Å². The topological polar surface area (TPSA) is 46.0 Å². The molecule has 0 saturated heterocycles. The number of rotatable bonds is 4. The number of nitrogens with one attached hydrogen (secondary N) is 1. The molecule has 0 fully saturated rings. The first-order valence-corrected chi connectivity index (χ1v) is 8.61. The van der Waals surface area contributed by atoms with Crippen LogP contribution in [0, 0.1) is 12.7 Å². The van der Waals surface area contributed by atoms with Crippen molar-refractivity contribution in [3.8, 4) is 5.69 Å². The molecule has 0 saturated carbocycles. The van der Waals surface area contributed by atoms with Gasteiger partial charge in [0.2, 0.25) is 0 Å². The Morgan fingerprint density at radius 1 is 1.23 bits per heavy atom. The SMILES string of the molecule is Cc1ccc(NC(=S)N(C)[C@H](C)c2ccc(-n3cncn3)cc2)cc1F. The van der Waals surface area contributed by atoms with E-state index in [1.807, 2.05) is 42.3 Å². The first kappa shape index (κ1) is 18.0. The second-order valence-electron chi connectivity index (χ2n) is 6.11. The molecule has 0 spiro atoms. The molecule has 1 heterocycles. The summed E-state index contributed by atoms with van der Waals surface area (Å²) in [7, 11) is 1.91. The molecule has 0 radical (unpaired) electrons. The molecular weight excluding hydrogens is 349 g/mol. The molecule has 134 valence electrons. The molecule has 0 amide bonds. The highest BCUT2D eigenvalue weighted by atomic mass is 32.1. The van der Waals surface area contributed by atoms with Crippen LogP contribution in [-0.4, -0.2) is 31.8 Å². The molecule has 7 heteroatoms. The molecule has 0 aliphatic rings. The Morgan fingerprint density at radius 3 is 2.58 bits per heavy atom. The third-order valence-corrected chi connectivity index (χ3v) is 4.77. The van der Waals surface area contributed by atoms with E-state index in [-0.39, 0.29) is 11.9 Å². The largest absolute Gasteiger partial charge is 0.345 e. The van der Waals surface area contributed by atoms with E-state index in [9.17, 15) is 4.39 Å². The molecule has 1 atom stereocenters. The lowest BCUT2D eigenvalue weighted by Crippen LogP contribution is -2.33. The normalized spacial score (nSPS) is 11.8. The van der Waals surface area contributed by atoms with Crippen LogP contribution in [0.5, 0.6) is 0 Å². The smallest absolute Gasteiger partial charge is 0.173 e. The number of hydrogen-bond acceptors (Lipinski definition) is 3. The molecule has 0 unspecified atom stereocenters. The number of anilines is 1. The van der Waals surface area contributed by atoms with Crippen LogP contribution in [0.25, 0.3) is 5.69 Å². The second-order valence-corrected chi connectivity index (χ2v) is 6.50. The van der Waals surface area contributed by atoms with Crippen LogP contribution in [0.15, 0.2) is 55.1 Å². The first-order chi connectivity index (χ1) is 12.5. The van der Waals surface area contributed by atoms with E-state index < -0.39 is 0 Å². The lowest BCUT2D eigenvalue weighted by Gasteiger charge is -2.28. The molecule has 26 heavy (non-hydrogen) atoms. The van der Waals surface area contributed by atoms with Gasteiger partial charge >= 0.3 is 0 Å². The molecule has 5 nitrogen and oxygen atoms in total. The van der Waals surface area contributed by atoms with Crippen molar-refractivity contribution in [3.63, 3.8) is 0 Å². The zero-order valence-corrected chi connectivity index (χ0v) is 15.7. The molecule has 3 aromatic rings. The Kier molecular flexibility index (Phi) is 5.27. The summed E-state index contributed by atoms with van der Waals surface area (Å²) in [6, 6.07) is 13.1. The number of benzene rings is 2. The Labute approximate surface area is 157 Å². The van der Waals surface area contributed by atoms with Gasteiger partial charge in [-0.25, -0.2) is 14.1 Å². The summed E-state index contributed by atoms with van der Waals surface area (Å²) >= 11 is 5.47. The van der Waals surface area contributed by atoms with Gasteiger partial charge in [0.25, 0.3) is 0 Å². The summed E-state index contributed by atoms with van der Waals surface area (Å²) in [5, 5.41) is 7.74. The van der Waals surface area contributed by atoms with Gasteiger partial charge in [0.1, 0.15) is 18.5 Å². The van der Waals surface area contributed by atoms with Crippen LogP contribution in [0.2, 0.25) is 0 Å². The molecule has 0 aliphatic heterocycles. The number of halogens is 1. The Morgan fingerprint density at radius 2 is 1.96 bits per heavy atom. The minimum atomic E-state index is -0.253. The van der Waals surface area contributed by atoms with Gasteiger partial charge in [0, 0.05) is 12.7 Å². The Balaban J connectivity index is 1.69. The van der Waals surface area contributed by atoms with Gasteiger partial charge in [-0.1, -0.05) is 18.2 Å². The van der Waals surface area contributed by atoms with Crippen LogP contribution in [0.3, 0.4) is 0 Å². The predicted octanol–water partition coefficient (Wildman–Crippen LogP) is 4.10. The quantitative estimate of drug-likeness (QED) is 0.702. The minimum Gasteiger partial charge on any atom is -0.345 e. The highest BCUT2D eigenvalue weighted by molar-refractivity contribution is 7.80. The van der Waals surface area contributed by atoms with E-state index in [0.29, 0.717) is 16.4 Å². The van der Waals surface area contributed by atoms with Gasteiger partial charge in [0.05, 0.1) is 11.7 Å². The zero-order chi connectivity index (χ0) is 18.7. The maximum Gasteiger partial charge on any atom is 0.173 e. The lowest BCUT2D eigenvalue weighted by atomic mass is 10.1. The average molecular weight is 369 g/mol. The van der Waals surface area contributed by atoms with E-state index in [2.05, 4.69) is 22.3 Å². The summed E-state index contributed by atoms with van der Waals surface area (Å²) in [6.07, 6.45) is 3.16. The van der Waals surface area contributed by atoms with Crippen molar-refractivity contribution in [1.82, 2.24) is 19.7 Å². The average Bonchev–Trinajstić information content (AvgIpc) is 3.18. The van der Waals surface area contributed by atoms with Gasteiger partial charge in [-0.15, -0.1) is 0 Å². The zero-order valence-electron chi connectivity index (χ0n) is 14.8. The number of aryl methyl sites for hydroxylation is 1. The van der Waals surface area contributed by atoms with E-state index in [1.54, 1.807) is 24.0 Å². The summed E-state index contributed by atoms with van der Waals surface area (Å²) in [5.74, 6) is -0.253. The van der Waals surface area contributed by atoms with Crippen molar-refractivity contribution in [2.45, 2.75) is 19.9 Å². The number of aromatic nitrogens is 3. The molecule has 3 rings (SSSR count). The highest BCUT2D eigenvalue weighted by Crippen LogP contribution is 2.22. The van der Waals surface area contributed by atoms with Crippen molar-refractivity contribution < 1.29 is 4.39 Å². The van der Waals surface area contributed by atoms with Crippen molar-refractivity contribution in [2.24, 2.45) is 0 Å². The minimum absolute atomic E-state index is 0.0510. The molecule has 0 aliphatic carbocycles. The Hall–Kier alpha value is -2.80. The van der Waals surface area contributed by atoms with Gasteiger partial charge < -0.3 is 10.2 Å². The molecule has 1 N–H and O–H groups in total. The van der Waals surface area contributed by atoms with E-state index in [4.69, 9.17) is 12.2 Å². The van der Waals surface area contributed by atoms with Crippen molar-refractivity contribution in [3.05, 3.63) is 72.1 Å². The van der Waals surface area contributed by atoms with Crippen LogP contribution >= 0.6 is 12.2 Å².